The Morgan fingerprint density at radius 2 is 1.71 bits per heavy atom. The Morgan fingerprint density at radius 1 is 0.924 bits per heavy atom. The minimum Gasteiger partial charge on any atom is -0.393 e. The van der Waals surface area contributed by atoms with Crippen LogP contribution in [0.3, 0.4) is 0 Å². The molecule has 4 aliphatic rings. The van der Waals surface area contributed by atoms with Gasteiger partial charge in [0, 0.05) is 107 Å². The zero-order chi connectivity index (χ0) is 46.0. The van der Waals surface area contributed by atoms with Crippen molar-refractivity contribution in [2.24, 2.45) is 7.05 Å². The number of imidazole rings is 1. The van der Waals surface area contributed by atoms with Gasteiger partial charge >= 0.3 is 11.9 Å². The number of carbonyl (C=O) groups excluding carboxylic acids is 2. The van der Waals surface area contributed by atoms with Crippen molar-refractivity contribution >= 4 is 39.8 Å². The number of ether oxygens (including phenoxy) is 1. The first kappa shape index (κ1) is 45.6. The first-order valence-electron chi connectivity index (χ1n) is 23.1. The lowest BCUT2D eigenvalue weighted by atomic mass is 9.93. The number of piperidine rings is 1. The number of aryl methyl sites for hydroxylation is 1. The summed E-state index contributed by atoms with van der Waals surface area (Å²) >= 11 is 0. The molecular formula is C48H57F3N10O5. The number of anilines is 1. The first-order valence-corrected chi connectivity index (χ1v) is 23.1. The van der Waals surface area contributed by atoms with Gasteiger partial charge in [0.25, 0.3) is 0 Å². The van der Waals surface area contributed by atoms with Gasteiger partial charge in [-0.1, -0.05) is 36.1 Å². The van der Waals surface area contributed by atoms with Gasteiger partial charge in [-0.15, -0.1) is 0 Å². The average Bonchev–Trinajstić information content (AvgIpc) is 4.00. The summed E-state index contributed by atoms with van der Waals surface area (Å²) in [7, 11) is 1.67. The number of fused-ring (bicyclic) bond motifs is 2. The molecule has 0 spiro atoms. The summed E-state index contributed by atoms with van der Waals surface area (Å²) in [5.74, 6) is 5.62. The number of aromatic nitrogens is 5. The molecule has 2 amide bonds. The van der Waals surface area contributed by atoms with E-state index in [4.69, 9.17) is 9.72 Å². The fraction of sp³-hybridized carbons (Fsp3) is 0.521. The number of piperazine rings is 1. The number of carbonyl (C=O) groups is 2. The van der Waals surface area contributed by atoms with E-state index < -0.39 is 24.5 Å². The van der Waals surface area contributed by atoms with Gasteiger partial charge in [0.05, 0.1) is 30.2 Å². The van der Waals surface area contributed by atoms with E-state index in [0.29, 0.717) is 48.8 Å². The highest BCUT2D eigenvalue weighted by Gasteiger charge is 2.33. The molecule has 4 fully saturated rings. The van der Waals surface area contributed by atoms with Crippen LogP contribution in [0.25, 0.3) is 33.2 Å². The third-order valence-electron chi connectivity index (χ3n) is 13.7. The SMILES string of the molecule is Cn1c(=O)n(C2CCC(=O)NC2=O)c2ccc(C#CCOCCN3CCC(N4CCN(Cc5ccc(-c6cn([C@H]7CC[C@H](O)CC7)c7nc(NCCC(F)(F)F)ncc67)cc5)CC4)C3)cc21. The number of halogens is 3. The van der Waals surface area contributed by atoms with Crippen LogP contribution < -0.4 is 16.3 Å². The second-order valence-electron chi connectivity index (χ2n) is 18.1. The number of imide groups is 1. The highest BCUT2D eigenvalue weighted by molar-refractivity contribution is 6.00. The number of rotatable bonds is 13. The molecule has 3 aliphatic heterocycles. The van der Waals surface area contributed by atoms with Gasteiger partial charge in [0.1, 0.15) is 18.3 Å². The normalized spacial score (nSPS) is 22.5. The summed E-state index contributed by atoms with van der Waals surface area (Å²) < 4.78 is 49.4. The van der Waals surface area contributed by atoms with Crippen molar-refractivity contribution in [1.82, 2.24) is 43.7 Å². The van der Waals surface area contributed by atoms with Crippen LogP contribution in [-0.4, -0.2) is 139 Å². The third-order valence-corrected chi connectivity index (χ3v) is 13.7. The molecule has 66 heavy (non-hydrogen) atoms. The van der Waals surface area contributed by atoms with Crippen LogP contribution >= 0.6 is 0 Å². The number of alkyl halides is 3. The molecule has 9 rings (SSSR count). The molecule has 3 aromatic heterocycles. The molecule has 2 unspecified atom stereocenters. The number of hydrogen-bond donors (Lipinski definition) is 3. The zero-order valence-corrected chi connectivity index (χ0v) is 37.2. The van der Waals surface area contributed by atoms with E-state index in [9.17, 15) is 32.7 Å². The van der Waals surface area contributed by atoms with E-state index in [0.717, 1.165) is 93.7 Å². The molecule has 3 saturated heterocycles. The summed E-state index contributed by atoms with van der Waals surface area (Å²) in [5, 5.41) is 16.1. The monoisotopic (exact) mass is 910 g/mol. The van der Waals surface area contributed by atoms with Gasteiger partial charge in [-0.2, -0.15) is 18.2 Å². The Balaban J connectivity index is 0.724. The number of aliphatic hydroxyl groups excluding tert-OH is 1. The van der Waals surface area contributed by atoms with Crippen molar-refractivity contribution in [3.8, 4) is 23.0 Å². The topological polar surface area (TPSA) is 155 Å². The van der Waals surface area contributed by atoms with Gasteiger partial charge in [0.2, 0.25) is 17.8 Å². The molecule has 3 N–H and O–H groups in total. The van der Waals surface area contributed by atoms with E-state index in [2.05, 4.69) is 77.2 Å². The second kappa shape index (κ2) is 19.7. The Morgan fingerprint density at radius 3 is 2.47 bits per heavy atom. The van der Waals surface area contributed by atoms with Crippen molar-refractivity contribution in [3.63, 3.8) is 0 Å². The van der Waals surface area contributed by atoms with Crippen LogP contribution in [0.5, 0.6) is 0 Å². The molecule has 6 heterocycles. The molecular weight excluding hydrogens is 854 g/mol. The van der Waals surface area contributed by atoms with Crippen molar-refractivity contribution in [2.75, 3.05) is 70.9 Å². The van der Waals surface area contributed by atoms with E-state index >= 15 is 0 Å². The molecule has 1 saturated carbocycles. The second-order valence-corrected chi connectivity index (χ2v) is 18.1. The summed E-state index contributed by atoms with van der Waals surface area (Å²) in [6, 6.07) is 14.0. The summed E-state index contributed by atoms with van der Waals surface area (Å²) in [5.41, 5.74) is 5.65. The molecule has 18 heteroatoms. The van der Waals surface area contributed by atoms with Crippen LogP contribution in [0.4, 0.5) is 19.1 Å². The van der Waals surface area contributed by atoms with E-state index in [1.54, 1.807) is 19.3 Å². The molecule has 2 atom stereocenters. The van der Waals surface area contributed by atoms with Crippen molar-refractivity contribution in [3.05, 3.63) is 76.5 Å². The van der Waals surface area contributed by atoms with Gasteiger partial charge in [-0.25, -0.2) is 9.78 Å². The Hall–Kier alpha value is -5.58. The predicted octanol–water partition coefficient (Wildman–Crippen LogP) is 4.83. The fourth-order valence-corrected chi connectivity index (χ4v) is 10.0. The number of nitrogens with zero attached hydrogens (tertiary/aromatic N) is 8. The molecule has 350 valence electrons. The van der Waals surface area contributed by atoms with Gasteiger partial charge in [-0.3, -0.25) is 38.7 Å². The lowest BCUT2D eigenvalue weighted by Crippen LogP contribution is -2.50. The fourth-order valence-electron chi connectivity index (χ4n) is 10.0. The minimum absolute atomic E-state index is 0.131. The summed E-state index contributed by atoms with van der Waals surface area (Å²) in [4.78, 5) is 53.9. The Bertz CT molecular complexity index is 2670. The smallest absolute Gasteiger partial charge is 0.390 e. The molecule has 5 aromatic rings. The van der Waals surface area contributed by atoms with E-state index in [1.807, 2.05) is 12.1 Å². The van der Waals surface area contributed by atoms with Crippen molar-refractivity contribution in [2.45, 2.75) is 88.3 Å². The molecule has 1 aliphatic carbocycles. The van der Waals surface area contributed by atoms with Gasteiger partial charge in [-0.05, 0) is 74.4 Å². The quantitative estimate of drug-likeness (QED) is 0.0846. The highest BCUT2D eigenvalue weighted by atomic mass is 19.4. The maximum atomic E-state index is 13.1. The zero-order valence-electron chi connectivity index (χ0n) is 37.2. The predicted molar refractivity (Wildman–Crippen MR) is 244 cm³/mol. The maximum Gasteiger partial charge on any atom is 0.390 e. The number of nitrogens with one attached hydrogen (secondary N) is 2. The maximum absolute atomic E-state index is 13.1. The number of aliphatic hydroxyl groups is 1. The van der Waals surface area contributed by atoms with Crippen LogP contribution in [-0.2, 0) is 27.9 Å². The number of amides is 2. The Labute approximate surface area is 380 Å². The Kier molecular flexibility index (Phi) is 13.6. The minimum atomic E-state index is -4.27. The van der Waals surface area contributed by atoms with E-state index in [-0.39, 0.29) is 49.1 Å². The lowest BCUT2D eigenvalue weighted by molar-refractivity contribution is -0.136. The van der Waals surface area contributed by atoms with Crippen molar-refractivity contribution in [1.29, 1.82) is 0 Å². The third kappa shape index (κ3) is 10.3. The largest absolute Gasteiger partial charge is 0.393 e. The summed E-state index contributed by atoms with van der Waals surface area (Å²) in [6.45, 7) is 8.39. The standard InChI is InChI=1S/C48H57F3N10O5/c1-56-42-27-32(6-13-40(42)61(47(56)65)41-14-15-43(63)54-45(41)64)3-2-25-66-26-24-57-19-16-36(30-57)59-22-20-58(21-23-59)29-33-4-7-34(8-5-33)39-31-60(35-9-11-37(62)12-10-35)44-38(39)28-53-46(55-44)52-18-17-48(49,50)51/h4-8,13,27-28,31,35-37,41,62H,9-12,14-26,29-30H2,1H3,(H,52,53,55)(H,54,63,64)/t35-,36?,37-,41?. The van der Waals surface area contributed by atoms with Gasteiger partial charge < -0.3 is 19.7 Å². The van der Waals surface area contributed by atoms with Crippen molar-refractivity contribution < 1.29 is 32.6 Å². The number of benzene rings is 2. The van der Waals surface area contributed by atoms with Crippen LogP contribution in [0, 0.1) is 11.8 Å². The van der Waals surface area contributed by atoms with Crippen LogP contribution in [0.15, 0.2) is 59.7 Å². The average molecular weight is 911 g/mol. The van der Waals surface area contributed by atoms with Crippen LogP contribution in [0.1, 0.15) is 74.6 Å². The molecule has 0 radical (unpaired) electrons. The highest BCUT2D eigenvalue weighted by Crippen LogP contribution is 2.37. The first-order chi connectivity index (χ1) is 31.9. The van der Waals surface area contributed by atoms with Crippen LogP contribution in [0.2, 0.25) is 0 Å². The lowest BCUT2D eigenvalue weighted by Gasteiger charge is -2.38. The van der Waals surface area contributed by atoms with E-state index in [1.165, 1.54) is 14.7 Å². The number of likely N-dealkylation sites (tertiary alicyclic amines) is 1. The molecule has 2 aromatic carbocycles. The van der Waals surface area contributed by atoms with Gasteiger partial charge in [0.15, 0.2) is 0 Å². The number of hydrogen-bond acceptors (Lipinski definition) is 11. The molecule has 15 nitrogen and oxygen atoms in total. The molecule has 0 bridgehead atoms. The summed E-state index contributed by atoms with van der Waals surface area (Å²) in [6.07, 6.45) is 2.85.